The molecular weight excluding hydrogens is 172 g/mol. The minimum Gasteiger partial charge on any atom is -0.465 e. The van der Waals surface area contributed by atoms with Crippen molar-refractivity contribution in [3.05, 3.63) is 0 Å². The number of hydrogen-bond acceptors (Lipinski definition) is 3. The fraction of sp³-hybridized carbons (Fsp3) is 0.875. The maximum Gasteiger partial charge on any atom is 0.404 e. The van der Waals surface area contributed by atoms with Crippen molar-refractivity contribution in [2.24, 2.45) is 0 Å². The molecule has 5 heteroatoms. The molecule has 3 N–H and O–H groups in total. The van der Waals surface area contributed by atoms with Gasteiger partial charge in [0.05, 0.1) is 6.61 Å². The van der Waals surface area contributed by atoms with E-state index in [2.05, 4.69) is 10.2 Å². The van der Waals surface area contributed by atoms with Gasteiger partial charge in [-0.3, -0.25) is 4.90 Å². The Morgan fingerprint density at radius 3 is 3.00 bits per heavy atom. The van der Waals surface area contributed by atoms with E-state index in [1.54, 1.807) is 0 Å². The van der Waals surface area contributed by atoms with E-state index >= 15 is 0 Å². The Bertz CT molecular complexity index is 173. The van der Waals surface area contributed by atoms with Gasteiger partial charge in [0, 0.05) is 19.1 Å². The number of amides is 1. The monoisotopic (exact) mass is 188 g/mol. The fourth-order valence-corrected chi connectivity index (χ4v) is 1.69. The second-order valence-electron chi connectivity index (χ2n) is 3.31. The Hall–Kier alpha value is -0.810. The molecule has 1 aliphatic rings. The smallest absolute Gasteiger partial charge is 0.404 e. The first-order valence-electron chi connectivity index (χ1n) is 4.55. The van der Waals surface area contributed by atoms with Crippen molar-refractivity contribution in [1.82, 2.24) is 10.2 Å². The molecule has 0 radical (unpaired) electrons. The Balaban J connectivity index is 2.28. The fourth-order valence-electron chi connectivity index (χ4n) is 1.69. The third kappa shape index (κ3) is 3.61. The maximum atomic E-state index is 10.4. The Labute approximate surface area is 77.3 Å². The van der Waals surface area contributed by atoms with Gasteiger partial charge in [-0.1, -0.05) is 0 Å². The first-order chi connectivity index (χ1) is 6.22. The lowest BCUT2D eigenvalue weighted by molar-refractivity contribution is 0.143. The zero-order valence-electron chi connectivity index (χ0n) is 7.57. The normalized spacial score (nSPS) is 24.2. The summed E-state index contributed by atoms with van der Waals surface area (Å²) in [6, 6.07) is 0.0257. The van der Waals surface area contributed by atoms with Crippen LogP contribution in [-0.2, 0) is 0 Å². The van der Waals surface area contributed by atoms with Crippen LogP contribution in [0.2, 0.25) is 0 Å². The van der Waals surface area contributed by atoms with Crippen molar-refractivity contribution < 1.29 is 15.0 Å². The highest BCUT2D eigenvalue weighted by atomic mass is 16.4. The second-order valence-corrected chi connectivity index (χ2v) is 3.31. The van der Waals surface area contributed by atoms with Gasteiger partial charge in [-0.05, 0) is 19.4 Å². The molecule has 1 rings (SSSR count). The number of β-amino-alcohol motifs (C(OH)–C–C–N with tert-alkyl or cyclic N) is 1. The molecule has 1 heterocycles. The summed E-state index contributed by atoms with van der Waals surface area (Å²) in [5.41, 5.74) is 0. The topological polar surface area (TPSA) is 72.8 Å². The van der Waals surface area contributed by atoms with Gasteiger partial charge >= 0.3 is 6.09 Å². The van der Waals surface area contributed by atoms with E-state index in [0.29, 0.717) is 13.1 Å². The lowest BCUT2D eigenvalue weighted by Gasteiger charge is -2.31. The molecule has 0 aromatic heterocycles. The number of nitrogens with zero attached hydrogens (tertiary/aromatic N) is 1. The van der Waals surface area contributed by atoms with Crippen molar-refractivity contribution in [3.8, 4) is 0 Å². The molecule has 0 bridgehead atoms. The SMILES string of the molecule is O=C(O)NC1CCCN(CCO)C1. The van der Waals surface area contributed by atoms with Crippen molar-refractivity contribution in [3.63, 3.8) is 0 Å². The van der Waals surface area contributed by atoms with Crippen LogP contribution in [0.25, 0.3) is 0 Å². The molecule has 1 unspecified atom stereocenters. The first kappa shape index (κ1) is 10.3. The Morgan fingerprint density at radius 1 is 1.62 bits per heavy atom. The highest BCUT2D eigenvalue weighted by molar-refractivity contribution is 5.64. The number of hydrogen-bond donors (Lipinski definition) is 3. The van der Waals surface area contributed by atoms with Crippen LogP contribution < -0.4 is 5.32 Å². The van der Waals surface area contributed by atoms with E-state index < -0.39 is 6.09 Å². The van der Waals surface area contributed by atoms with Gasteiger partial charge < -0.3 is 15.5 Å². The minimum atomic E-state index is -0.962. The molecule has 1 amide bonds. The number of nitrogens with one attached hydrogen (secondary N) is 1. The van der Waals surface area contributed by atoms with Crippen LogP contribution in [0.3, 0.4) is 0 Å². The van der Waals surface area contributed by atoms with Gasteiger partial charge in [0.15, 0.2) is 0 Å². The molecule has 5 nitrogen and oxygen atoms in total. The van der Waals surface area contributed by atoms with E-state index in [0.717, 1.165) is 19.4 Å². The molecule has 13 heavy (non-hydrogen) atoms. The molecule has 0 spiro atoms. The highest BCUT2D eigenvalue weighted by Crippen LogP contribution is 2.09. The van der Waals surface area contributed by atoms with Gasteiger partial charge in [-0.2, -0.15) is 0 Å². The molecule has 0 aromatic carbocycles. The summed E-state index contributed by atoms with van der Waals surface area (Å²) < 4.78 is 0. The Kier molecular flexibility index (Phi) is 3.98. The number of carbonyl (C=O) groups is 1. The summed E-state index contributed by atoms with van der Waals surface area (Å²) in [5, 5.41) is 19.7. The number of rotatable bonds is 3. The number of aliphatic hydroxyl groups is 1. The average Bonchev–Trinajstić information content (AvgIpc) is 2.04. The zero-order valence-corrected chi connectivity index (χ0v) is 7.57. The van der Waals surface area contributed by atoms with Crippen LogP contribution in [0, 0.1) is 0 Å². The third-order valence-corrected chi connectivity index (χ3v) is 2.25. The molecule has 1 aliphatic heterocycles. The van der Waals surface area contributed by atoms with Crippen molar-refractivity contribution in [2.45, 2.75) is 18.9 Å². The summed E-state index contributed by atoms with van der Waals surface area (Å²) in [7, 11) is 0. The van der Waals surface area contributed by atoms with E-state index in [4.69, 9.17) is 10.2 Å². The summed E-state index contributed by atoms with van der Waals surface area (Å²) in [6.07, 6.45) is 0.926. The van der Waals surface area contributed by atoms with Crippen molar-refractivity contribution >= 4 is 6.09 Å². The quantitative estimate of drug-likeness (QED) is 0.569. The molecule has 0 aromatic rings. The van der Waals surface area contributed by atoms with Gasteiger partial charge in [0.1, 0.15) is 0 Å². The molecule has 0 aliphatic carbocycles. The maximum absolute atomic E-state index is 10.4. The average molecular weight is 188 g/mol. The molecule has 1 saturated heterocycles. The lowest BCUT2D eigenvalue weighted by Crippen LogP contribution is -2.47. The van der Waals surface area contributed by atoms with Gasteiger partial charge in [0.2, 0.25) is 0 Å². The van der Waals surface area contributed by atoms with Crippen LogP contribution in [0.1, 0.15) is 12.8 Å². The Morgan fingerprint density at radius 2 is 2.38 bits per heavy atom. The zero-order chi connectivity index (χ0) is 9.68. The molecular formula is C8H16N2O3. The number of aliphatic hydroxyl groups excluding tert-OH is 1. The van der Waals surface area contributed by atoms with Gasteiger partial charge in [-0.15, -0.1) is 0 Å². The van der Waals surface area contributed by atoms with Crippen molar-refractivity contribution in [2.75, 3.05) is 26.2 Å². The summed E-state index contributed by atoms with van der Waals surface area (Å²) in [6.45, 7) is 2.45. The largest absolute Gasteiger partial charge is 0.465 e. The number of carboxylic acid groups (broad SMARTS) is 1. The number of likely N-dealkylation sites (tertiary alicyclic amines) is 1. The minimum absolute atomic E-state index is 0.0257. The lowest BCUT2D eigenvalue weighted by atomic mass is 10.1. The molecule has 76 valence electrons. The molecule has 1 atom stereocenters. The van der Waals surface area contributed by atoms with E-state index in [9.17, 15) is 4.79 Å². The van der Waals surface area contributed by atoms with E-state index in [-0.39, 0.29) is 12.6 Å². The van der Waals surface area contributed by atoms with Crippen LogP contribution >= 0.6 is 0 Å². The van der Waals surface area contributed by atoms with Crippen molar-refractivity contribution in [1.29, 1.82) is 0 Å². The van der Waals surface area contributed by atoms with E-state index in [1.165, 1.54) is 0 Å². The van der Waals surface area contributed by atoms with Crippen LogP contribution in [0.5, 0.6) is 0 Å². The predicted octanol–water partition coefficient (Wildman–Crippen LogP) is -0.289. The molecule has 0 saturated carbocycles. The summed E-state index contributed by atoms with van der Waals surface area (Å²) in [5.74, 6) is 0. The summed E-state index contributed by atoms with van der Waals surface area (Å²) in [4.78, 5) is 12.4. The predicted molar refractivity (Wildman–Crippen MR) is 47.7 cm³/mol. The second kappa shape index (κ2) is 5.04. The van der Waals surface area contributed by atoms with Gasteiger partial charge in [0.25, 0.3) is 0 Å². The molecule has 1 fully saturated rings. The van der Waals surface area contributed by atoms with E-state index in [1.807, 2.05) is 0 Å². The van der Waals surface area contributed by atoms with Crippen LogP contribution in [-0.4, -0.2) is 53.5 Å². The highest BCUT2D eigenvalue weighted by Gasteiger charge is 2.20. The van der Waals surface area contributed by atoms with Crippen LogP contribution in [0.15, 0.2) is 0 Å². The number of piperidine rings is 1. The van der Waals surface area contributed by atoms with Crippen LogP contribution in [0.4, 0.5) is 4.79 Å². The third-order valence-electron chi connectivity index (χ3n) is 2.25. The summed E-state index contributed by atoms with van der Waals surface area (Å²) >= 11 is 0. The first-order valence-corrected chi connectivity index (χ1v) is 4.55. The standard InChI is InChI=1S/C8H16N2O3/c11-5-4-10-3-1-2-7(6-10)9-8(12)13/h7,9,11H,1-6H2,(H,12,13). The van der Waals surface area contributed by atoms with Gasteiger partial charge in [-0.25, -0.2) is 4.79 Å².